The van der Waals surface area contributed by atoms with E-state index in [1.54, 1.807) is 11.0 Å². The maximum absolute atomic E-state index is 13.1. The lowest BCUT2D eigenvalue weighted by Crippen LogP contribution is -2.61. The summed E-state index contributed by atoms with van der Waals surface area (Å²) in [5, 5.41) is 3.13. The highest BCUT2D eigenvalue weighted by Crippen LogP contribution is 2.22. The Hall–Kier alpha value is -2.88. The molecule has 4 nitrogen and oxygen atoms in total. The van der Waals surface area contributed by atoms with E-state index >= 15 is 0 Å². The predicted octanol–water partition coefficient (Wildman–Crippen LogP) is 5.15. The van der Waals surface area contributed by atoms with Crippen molar-refractivity contribution in [3.8, 4) is 11.1 Å². The van der Waals surface area contributed by atoms with Crippen molar-refractivity contribution < 1.29 is 9.59 Å². The molecule has 2 amide bonds. The molecule has 2 atom stereocenters. The number of piperazine rings is 1. The largest absolute Gasteiger partial charge is 0.350 e. The minimum atomic E-state index is -0.402. The lowest BCUT2D eigenvalue weighted by Gasteiger charge is -2.40. The van der Waals surface area contributed by atoms with Crippen LogP contribution in [0.2, 0.25) is 0 Å². The quantitative estimate of drug-likeness (QED) is 0.632. The Balaban J connectivity index is 1.73. The van der Waals surface area contributed by atoms with Crippen molar-refractivity contribution in [1.29, 1.82) is 0 Å². The number of amides is 2. The van der Waals surface area contributed by atoms with E-state index in [1.165, 1.54) is 5.56 Å². The highest BCUT2D eigenvalue weighted by atomic mass is 16.2. The van der Waals surface area contributed by atoms with Gasteiger partial charge in [-0.25, -0.2) is 0 Å². The van der Waals surface area contributed by atoms with Crippen molar-refractivity contribution >= 4 is 17.9 Å². The Morgan fingerprint density at radius 2 is 1.58 bits per heavy atom. The molecule has 1 N–H and O–H groups in total. The van der Waals surface area contributed by atoms with Crippen molar-refractivity contribution in [2.45, 2.75) is 52.6 Å². The average molecular weight is 419 g/mol. The topological polar surface area (TPSA) is 49.4 Å². The number of nitrogens with zero attached hydrogens (tertiary/aromatic N) is 1. The van der Waals surface area contributed by atoms with Crippen molar-refractivity contribution in [3.63, 3.8) is 0 Å². The summed E-state index contributed by atoms with van der Waals surface area (Å²) < 4.78 is 0. The number of hydrogen-bond acceptors (Lipinski definition) is 2. The van der Waals surface area contributed by atoms with Crippen LogP contribution in [-0.4, -0.2) is 35.3 Å². The summed E-state index contributed by atoms with van der Waals surface area (Å²) in [7, 11) is 0. The fourth-order valence-electron chi connectivity index (χ4n) is 4.16. The van der Waals surface area contributed by atoms with Crippen molar-refractivity contribution in [2.75, 3.05) is 6.54 Å². The highest BCUT2D eigenvalue weighted by Gasteiger charge is 2.36. The van der Waals surface area contributed by atoms with E-state index in [9.17, 15) is 9.59 Å². The van der Waals surface area contributed by atoms with Gasteiger partial charge in [0.2, 0.25) is 11.8 Å². The van der Waals surface area contributed by atoms with E-state index in [2.05, 4.69) is 57.3 Å². The molecule has 1 fully saturated rings. The smallest absolute Gasteiger partial charge is 0.247 e. The number of benzene rings is 2. The van der Waals surface area contributed by atoms with Crippen LogP contribution in [0.4, 0.5) is 0 Å². The molecule has 4 heteroatoms. The fourth-order valence-corrected chi connectivity index (χ4v) is 4.16. The van der Waals surface area contributed by atoms with Crippen LogP contribution in [0, 0.1) is 11.8 Å². The summed E-state index contributed by atoms with van der Waals surface area (Å²) in [4.78, 5) is 27.6. The van der Waals surface area contributed by atoms with Gasteiger partial charge < -0.3 is 10.2 Å². The van der Waals surface area contributed by atoms with Crippen LogP contribution in [0.15, 0.2) is 60.7 Å². The molecule has 164 valence electrons. The SMILES string of the molecule is CC(C)CC1CN(C(=O)C=Cc2ccc(-c3ccccc3)cc2)C(CC(C)C)C(=O)N1. The van der Waals surface area contributed by atoms with E-state index in [0.29, 0.717) is 24.8 Å². The third-order valence-corrected chi connectivity index (χ3v) is 5.61. The Morgan fingerprint density at radius 1 is 0.968 bits per heavy atom. The number of carbonyl (C=O) groups excluding carboxylic acids is 2. The molecule has 2 unspecified atom stereocenters. The Morgan fingerprint density at radius 3 is 2.19 bits per heavy atom. The molecule has 31 heavy (non-hydrogen) atoms. The van der Waals surface area contributed by atoms with Gasteiger partial charge in [-0.1, -0.05) is 82.3 Å². The van der Waals surface area contributed by atoms with Crippen LogP contribution < -0.4 is 5.32 Å². The summed E-state index contributed by atoms with van der Waals surface area (Å²) in [5.74, 6) is 0.672. The monoisotopic (exact) mass is 418 g/mol. The van der Waals surface area contributed by atoms with Gasteiger partial charge in [0.1, 0.15) is 6.04 Å². The van der Waals surface area contributed by atoms with Gasteiger partial charge in [0.05, 0.1) is 0 Å². The normalized spacial score (nSPS) is 19.3. The Labute approximate surface area is 186 Å². The fraction of sp³-hybridized carbons (Fsp3) is 0.407. The molecule has 3 rings (SSSR count). The molecule has 2 aromatic rings. The second-order valence-corrected chi connectivity index (χ2v) is 9.29. The van der Waals surface area contributed by atoms with Gasteiger partial charge in [-0.3, -0.25) is 9.59 Å². The molecule has 0 aromatic heterocycles. The van der Waals surface area contributed by atoms with Gasteiger partial charge in [-0.15, -0.1) is 0 Å². The summed E-state index contributed by atoms with van der Waals surface area (Å²) in [6, 6.07) is 18.0. The van der Waals surface area contributed by atoms with E-state index in [0.717, 1.165) is 17.5 Å². The first-order valence-electron chi connectivity index (χ1n) is 11.3. The van der Waals surface area contributed by atoms with Crippen molar-refractivity contribution in [2.24, 2.45) is 11.8 Å². The van der Waals surface area contributed by atoms with Gasteiger partial charge >= 0.3 is 0 Å². The summed E-state index contributed by atoms with van der Waals surface area (Å²) in [5.41, 5.74) is 3.28. The Bertz CT molecular complexity index is 901. The average Bonchev–Trinajstić information content (AvgIpc) is 2.74. The third-order valence-electron chi connectivity index (χ3n) is 5.61. The first kappa shape index (κ1) is 22.8. The van der Waals surface area contributed by atoms with Gasteiger partial charge in [-0.05, 0) is 47.4 Å². The number of rotatable bonds is 7. The molecule has 0 aliphatic carbocycles. The van der Waals surface area contributed by atoms with Crippen LogP contribution in [0.25, 0.3) is 17.2 Å². The van der Waals surface area contributed by atoms with E-state index < -0.39 is 6.04 Å². The molecule has 0 spiro atoms. The van der Waals surface area contributed by atoms with E-state index in [1.807, 2.05) is 36.4 Å². The Kier molecular flexibility index (Phi) is 7.67. The number of carbonyl (C=O) groups is 2. The second kappa shape index (κ2) is 10.4. The summed E-state index contributed by atoms with van der Waals surface area (Å²) in [6.07, 6.45) is 4.99. The number of hydrogen-bond donors (Lipinski definition) is 1. The molecule has 1 aliphatic rings. The standard InChI is InChI=1S/C27H34N2O2/c1-19(2)16-24-18-29(25(17-20(3)4)27(31)28-24)26(30)15-12-21-10-13-23(14-11-21)22-8-6-5-7-9-22/h5-15,19-20,24-25H,16-18H2,1-4H3,(H,28,31). The molecule has 2 aromatic carbocycles. The van der Waals surface area contributed by atoms with Gasteiger partial charge in [0.25, 0.3) is 0 Å². The number of nitrogens with one attached hydrogen (secondary N) is 1. The van der Waals surface area contributed by atoms with Crippen molar-refractivity contribution in [1.82, 2.24) is 10.2 Å². The third kappa shape index (κ3) is 6.30. The van der Waals surface area contributed by atoms with Gasteiger partial charge in [-0.2, -0.15) is 0 Å². The second-order valence-electron chi connectivity index (χ2n) is 9.29. The van der Waals surface area contributed by atoms with Crippen LogP contribution in [0.3, 0.4) is 0 Å². The molecule has 0 radical (unpaired) electrons. The molecule has 0 saturated carbocycles. The first-order chi connectivity index (χ1) is 14.8. The highest BCUT2D eigenvalue weighted by molar-refractivity contribution is 5.96. The van der Waals surface area contributed by atoms with Gasteiger partial charge in [0.15, 0.2) is 0 Å². The van der Waals surface area contributed by atoms with Crippen LogP contribution >= 0.6 is 0 Å². The zero-order valence-electron chi connectivity index (χ0n) is 19.0. The van der Waals surface area contributed by atoms with Crippen LogP contribution in [0.1, 0.15) is 46.1 Å². The van der Waals surface area contributed by atoms with Crippen molar-refractivity contribution in [3.05, 3.63) is 66.2 Å². The summed E-state index contributed by atoms with van der Waals surface area (Å²) >= 11 is 0. The summed E-state index contributed by atoms with van der Waals surface area (Å²) in [6.45, 7) is 9.01. The molecule has 1 heterocycles. The zero-order valence-corrected chi connectivity index (χ0v) is 19.0. The minimum Gasteiger partial charge on any atom is -0.350 e. The molecule has 0 bridgehead atoms. The lowest BCUT2D eigenvalue weighted by molar-refractivity contribution is -0.142. The van der Waals surface area contributed by atoms with E-state index in [4.69, 9.17) is 0 Å². The predicted molar refractivity (Wildman–Crippen MR) is 127 cm³/mol. The maximum Gasteiger partial charge on any atom is 0.247 e. The molecular formula is C27H34N2O2. The lowest BCUT2D eigenvalue weighted by atomic mass is 9.95. The van der Waals surface area contributed by atoms with Crippen LogP contribution in [-0.2, 0) is 9.59 Å². The molecule has 1 saturated heterocycles. The zero-order chi connectivity index (χ0) is 22.4. The maximum atomic E-state index is 13.1. The van der Waals surface area contributed by atoms with Crippen LogP contribution in [0.5, 0.6) is 0 Å². The minimum absolute atomic E-state index is 0.0124. The van der Waals surface area contributed by atoms with E-state index in [-0.39, 0.29) is 17.9 Å². The van der Waals surface area contributed by atoms with Gasteiger partial charge in [0, 0.05) is 18.7 Å². The molecule has 1 aliphatic heterocycles. The molecular weight excluding hydrogens is 384 g/mol. The first-order valence-corrected chi connectivity index (χ1v) is 11.3.